The second-order valence-electron chi connectivity index (χ2n) is 3.92. The van der Waals surface area contributed by atoms with Gasteiger partial charge in [0.25, 0.3) is 29.8 Å². The zero-order valence-electron chi connectivity index (χ0n) is 16.3. The maximum absolute atomic E-state index is 9.00. The fourth-order valence-electron chi connectivity index (χ4n) is 0.329. The molecule has 13 nitrogen and oxygen atoms in total. The van der Waals surface area contributed by atoms with Gasteiger partial charge in [0.05, 0.1) is 0 Å². The molecule has 0 aromatic carbocycles. The van der Waals surface area contributed by atoms with E-state index < -0.39 is 29.8 Å². The molecule has 0 aliphatic heterocycles. The molecule has 10 N–H and O–H groups in total. The number of hydrogen-bond acceptors (Lipinski definition) is 8. The van der Waals surface area contributed by atoms with Crippen LogP contribution in [0.4, 0.5) is 0 Å². The Hall–Kier alpha value is 0.230. The quantitative estimate of drug-likeness (QED) is 0.149. The van der Waals surface area contributed by atoms with E-state index in [4.69, 9.17) is 61.0 Å². The van der Waals surface area contributed by atoms with Crippen LogP contribution in [0.2, 0.25) is 0 Å². The third-order valence-electron chi connectivity index (χ3n) is 0.642. The van der Waals surface area contributed by atoms with Gasteiger partial charge in [-0.05, 0) is 0 Å². The van der Waals surface area contributed by atoms with Gasteiger partial charge in [-0.2, -0.15) is 0 Å². The second kappa shape index (κ2) is 56.9. The second-order valence-corrected chi connectivity index (χ2v) is 3.92. The minimum atomic E-state index is -0.833. The first kappa shape index (κ1) is 57.3. The van der Waals surface area contributed by atoms with E-state index in [-0.39, 0.29) is 88.7 Å². The van der Waals surface area contributed by atoms with Gasteiger partial charge >= 0.3 is 88.7 Å². The zero-order chi connectivity index (χ0) is 23.4. The van der Waals surface area contributed by atoms with Gasteiger partial charge in [0, 0.05) is 60.8 Å². The van der Waals surface area contributed by atoms with Crippen molar-refractivity contribution in [3.8, 4) is 0 Å². The molecular weight excluding hydrogens is 439 g/mol. The van der Waals surface area contributed by atoms with Crippen LogP contribution in [-0.4, -0.2) is 170 Å². The average Bonchev–Trinajstić information content (AvgIpc) is 2.35. The van der Waals surface area contributed by atoms with E-state index in [2.05, 4.69) is 5.32 Å². The normalized spacial score (nSPS) is 6.37. The van der Waals surface area contributed by atoms with Crippen molar-refractivity contribution in [3.05, 3.63) is 0 Å². The van der Waals surface area contributed by atoms with E-state index in [1.165, 1.54) is 0 Å². The molecule has 0 amide bonds. The van der Waals surface area contributed by atoms with Gasteiger partial charge in [-0.25, -0.2) is 0 Å². The summed E-state index contributed by atoms with van der Waals surface area (Å²) in [7, 11) is 0. The summed E-state index contributed by atoms with van der Waals surface area (Å²) >= 11 is 0. The number of carboxylic acid groups (broad SMARTS) is 5. The SMILES string of the molecule is CC(=O)O.CC(=O)O.CC(=O)O.CC(=O)O.CC(=O)O.NCCNCCN.[NaH].[NaH].[NaH]. The fraction of sp³-hybridized carbons (Fsp3) is 0.643. The van der Waals surface area contributed by atoms with Gasteiger partial charge in [-0.15, -0.1) is 0 Å². The standard InChI is InChI=1S/C4H13N3.5C2H4O2.3Na.3H/c5-1-3-7-4-2-6;5*1-2(3)4;;;;;;/h7H,1-6H2;5*1H3,(H,3,4);;;;;;. The molecule has 0 aromatic heterocycles. The first-order chi connectivity index (χ1) is 12.1. The number of aliphatic carboxylic acids is 5. The van der Waals surface area contributed by atoms with E-state index in [0.29, 0.717) is 13.1 Å². The number of nitrogens with two attached hydrogens (primary N) is 2. The molecule has 0 saturated carbocycles. The minimum absolute atomic E-state index is 0. The van der Waals surface area contributed by atoms with Crippen LogP contribution in [0.3, 0.4) is 0 Å². The van der Waals surface area contributed by atoms with Gasteiger partial charge in [-0.1, -0.05) is 0 Å². The van der Waals surface area contributed by atoms with Crippen molar-refractivity contribution in [2.45, 2.75) is 34.6 Å². The van der Waals surface area contributed by atoms with Crippen molar-refractivity contribution >= 4 is 119 Å². The molecule has 0 heterocycles. The van der Waals surface area contributed by atoms with Crippen LogP contribution in [0.5, 0.6) is 0 Å². The number of hydrogen-bond donors (Lipinski definition) is 8. The van der Waals surface area contributed by atoms with Crippen molar-refractivity contribution in [3.63, 3.8) is 0 Å². The van der Waals surface area contributed by atoms with Gasteiger partial charge in [0.15, 0.2) is 0 Å². The Balaban J connectivity index is -0.0000000251. The molecule has 170 valence electrons. The van der Waals surface area contributed by atoms with Crippen LogP contribution in [0, 0.1) is 0 Å². The summed E-state index contributed by atoms with van der Waals surface area (Å²) in [5.41, 5.74) is 10.3. The van der Waals surface area contributed by atoms with E-state index >= 15 is 0 Å². The molecule has 0 saturated heterocycles. The Bertz CT molecular complexity index is 297. The predicted octanol–water partition coefficient (Wildman–Crippen LogP) is -3.00. The molecule has 16 heteroatoms. The van der Waals surface area contributed by atoms with E-state index in [0.717, 1.165) is 47.7 Å². The summed E-state index contributed by atoms with van der Waals surface area (Å²) in [5, 5.41) is 40.1. The van der Waals surface area contributed by atoms with Gasteiger partial charge in [0.1, 0.15) is 0 Å². The Morgan fingerprint density at radius 3 is 0.700 bits per heavy atom. The van der Waals surface area contributed by atoms with E-state index in [9.17, 15) is 0 Å². The average molecular weight is 475 g/mol. The molecule has 0 bridgehead atoms. The third kappa shape index (κ3) is 1170. The topological polar surface area (TPSA) is 251 Å². The van der Waals surface area contributed by atoms with Crippen LogP contribution in [0.25, 0.3) is 0 Å². The van der Waals surface area contributed by atoms with E-state index in [1.54, 1.807) is 0 Å². The van der Waals surface area contributed by atoms with Crippen molar-refractivity contribution in [1.29, 1.82) is 0 Å². The summed E-state index contributed by atoms with van der Waals surface area (Å²) < 4.78 is 0. The summed E-state index contributed by atoms with van der Waals surface area (Å²) in [6.07, 6.45) is 0. The molecule has 0 aromatic rings. The number of carbonyl (C=O) groups is 5. The fourth-order valence-corrected chi connectivity index (χ4v) is 0.329. The molecule has 0 spiro atoms. The number of nitrogens with one attached hydrogen (secondary N) is 1. The van der Waals surface area contributed by atoms with Crippen molar-refractivity contribution in [1.82, 2.24) is 5.32 Å². The summed E-state index contributed by atoms with van der Waals surface area (Å²) in [4.78, 5) is 45.0. The molecule has 0 aliphatic carbocycles. The van der Waals surface area contributed by atoms with Gasteiger partial charge < -0.3 is 42.3 Å². The molecule has 0 fully saturated rings. The zero-order valence-corrected chi connectivity index (χ0v) is 16.3. The van der Waals surface area contributed by atoms with Crippen LogP contribution in [-0.2, 0) is 24.0 Å². The Kier molecular flexibility index (Phi) is 109. The van der Waals surface area contributed by atoms with E-state index in [1.807, 2.05) is 0 Å². The van der Waals surface area contributed by atoms with Crippen LogP contribution in [0.15, 0.2) is 0 Å². The summed E-state index contributed by atoms with van der Waals surface area (Å²) in [6, 6.07) is 0. The number of carboxylic acids is 5. The number of rotatable bonds is 4. The van der Waals surface area contributed by atoms with Crippen LogP contribution >= 0.6 is 0 Å². The van der Waals surface area contributed by atoms with Crippen molar-refractivity contribution in [2.24, 2.45) is 11.5 Å². The van der Waals surface area contributed by atoms with Crippen molar-refractivity contribution < 1.29 is 49.5 Å². The summed E-state index contributed by atoms with van der Waals surface area (Å²) in [5.74, 6) is -4.17. The molecule has 0 aliphatic rings. The Morgan fingerprint density at radius 2 is 0.633 bits per heavy atom. The first-order valence-electron chi connectivity index (χ1n) is 7.16. The molecule has 0 atom stereocenters. The Labute approximate surface area is 243 Å². The van der Waals surface area contributed by atoms with Crippen molar-refractivity contribution in [2.75, 3.05) is 26.2 Å². The first-order valence-corrected chi connectivity index (χ1v) is 7.16. The van der Waals surface area contributed by atoms with Gasteiger partial charge in [-0.3, -0.25) is 24.0 Å². The predicted molar refractivity (Wildman–Crippen MR) is 119 cm³/mol. The molecule has 0 radical (unpaired) electrons. The Morgan fingerprint density at radius 1 is 0.533 bits per heavy atom. The summed E-state index contributed by atoms with van der Waals surface area (Å²) in [6.45, 7) is 8.55. The maximum atomic E-state index is 9.00. The van der Waals surface area contributed by atoms with Gasteiger partial charge in [0.2, 0.25) is 0 Å². The molecule has 0 rings (SSSR count). The molecule has 0 unspecified atom stereocenters. The third-order valence-corrected chi connectivity index (χ3v) is 0.642. The molecule has 30 heavy (non-hydrogen) atoms. The van der Waals surface area contributed by atoms with Crippen LogP contribution < -0.4 is 16.8 Å². The molecular formula is C14H36N3Na3O10. The monoisotopic (exact) mass is 475 g/mol. The van der Waals surface area contributed by atoms with Crippen LogP contribution in [0.1, 0.15) is 34.6 Å².